The van der Waals surface area contributed by atoms with Gasteiger partial charge in [-0.2, -0.15) is 0 Å². The summed E-state index contributed by atoms with van der Waals surface area (Å²) in [5.41, 5.74) is 1.53. The molecule has 0 aromatic heterocycles. The van der Waals surface area contributed by atoms with Crippen molar-refractivity contribution in [1.29, 1.82) is 0 Å². The molecule has 3 aromatic rings. The summed E-state index contributed by atoms with van der Waals surface area (Å²) in [4.78, 5) is 31.2. The number of rotatable bonds is 19. The number of benzene rings is 3. The third-order valence-corrected chi connectivity index (χ3v) is 12.7. The molecule has 13 nitrogen and oxygen atoms in total. The minimum absolute atomic E-state index is 0.0773. The van der Waals surface area contributed by atoms with Gasteiger partial charge in [-0.25, -0.2) is 9.46 Å². The lowest BCUT2D eigenvalue weighted by atomic mass is 9.80. The first-order valence-corrected chi connectivity index (χ1v) is 21.3. The fourth-order valence-corrected chi connectivity index (χ4v) is 9.41. The number of halogens is 1. The van der Waals surface area contributed by atoms with E-state index < -0.39 is 44.8 Å². The standard InChI is InChI=1S/C42H55IN5O8P/c1-28(2)48(29(3)4)57(54-24-12-23-44-6)56-37-25-39(47-26-36(43)40(45-30(5)49)46-41(47)50)55-38(37)27-53-42(31-13-10-9-11-14-31,32-15-19-34(51-7)20-16-32)33-17-21-35(52-8)22-18-33/h9-11,13-23,26,28-29,37-40H,12,24-25,27H2,1-8H3,(H,45,49)(H,46,50)/b44-23+. The zero-order valence-corrected chi connectivity index (χ0v) is 36.9. The zero-order valence-electron chi connectivity index (χ0n) is 33.9. The fraction of sp³-hybridized carbons (Fsp3) is 0.452. The Bertz CT molecular complexity index is 1760. The SMILES string of the molecule is C/N=C/CCOP(OC1CC(N2C=C(I)C(NC(C)=O)NC2=O)OC1COC(c1ccccc1)(c1ccc(OC)cc1)c1ccc(OC)cc1)N(C(C)C)C(C)C. The third kappa shape index (κ3) is 10.9. The smallest absolute Gasteiger partial charge is 0.325 e. The second kappa shape index (κ2) is 20.9. The first-order chi connectivity index (χ1) is 27.4. The van der Waals surface area contributed by atoms with Gasteiger partial charge in [0.15, 0.2) is 0 Å². The number of carbonyl (C=O) groups excluding carboxylic acids is 2. The van der Waals surface area contributed by atoms with E-state index in [9.17, 15) is 9.59 Å². The number of hydrogen-bond acceptors (Lipinski definition) is 10. The van der Waals surface area contributed by atoms with Gasteiger partial charge in [0.05, 0.1) is 33.5 Å². The highest BCUT2D eigenvalue weighted by Crippen LogP contribution is 2.50. The number of urea groups is 1. The molecule has 1 saturated heterocycles. The number of hydrogen-bond donors (Lipinski definition) is 2. The van der Waals surface area contributed by atoms with E-state index in [1.165, 1.54) is 11.8 Å². The third-order valence-electron chi connectivity index (χ3n) is 9.62. The molecule has 308 valence electrons. The van der Waals surface area contributed by atoms with Crippen molar-refractivity contribution in [2.24, 2.45) is 4.99 Å². The average molecular weight is 916 g/mol. The van der Waals surface area contributed by atoms with Gasteiger partial charge in [0, 0.05) is 54.9 Å². The number of carbonyl (C=O) groups is 2. The lowest BCUT2D eigenvalue weighted by Gasteiger charge is -2.39. The molecule has 0 spiro atoms. The maximum absolute atomic E-state index is 13.6. The number of nitrogens with one attached hydrogen (secondary N) is 2. The Morgan fingerprint density at radius 3 is 2.11 bits per heavy atom. The second-order valence-corrected chi connectivity index (χ2v) is 16.8. The van der Waals surface area contributed by atoms with Gasteiger partial charge >= 0.3 is 6.03 Å². The highest BCUT2D eigenvalue weighted by Gasteiger charge is 2.47. The lowest BCUT2D eigenvalue weighted by molar-refractivity contribution is -0.119. The number of methoxy groups -OCH3 is 2. The Morgan fingerprint density at radius 1 is 1.00 bits per heavy atom. The summed E-state index contributed by atoms with van der Waals surface area (Å²) in [5, 5.41) is 5.66. The highest BCUT2D eigenvalue weighted by atomic mass is 127. The summed E-state index contributed by atoms with van der Waals surface area (Å²) in [6.45, 7) is 10.4. The van der Waals surface area contributed by atoms with E-state index in [1.54, 1.807) is 27.5 Å². The molecule has 57 heavy (non-hydrogen) atoms. The quantitative estimate of drug-likeness (QED) is 0.0408. The molecular formula is C42H55IN5O8P. The van der Waals surface area contributed by atoms with E-state index in [0.29, 0.717) is 30.9 Å². The molecule has 5 atom stereocenters. The van der Waals surface area contributed by atoms with Crippen LogP contribution in [0.15, 0.2) is 93.6 Å². The van der Waals surface area contributed by atoms with Gasteiger partial charge in [-0.15, -0.1) is 0 Å². The molecule has 15 heteroatoms. The Morgan fingerprint density at radius 2 is 1.58 bits per heavy atom. The Balaban J connectivity index is 1.57. The van der Waals surface area contributed by atoms with Crippen molar-refractivity contribution < 1.29 is 37.6 Å². The van der Waals surface area contributed by atoms with Crippen molar-refractivity contribution in [2.75, 3.05) is 34.5 Å². The van der Waals surface area contributed by atoms with E-state index in [2.05, 4.69) is 70.6 Å². The molecule has 0 saturated carbocycles. The molecule has 1 fully saturated rings. The molecular weight excluding hydrogens is 860 g/mol. The molecule has 0 bridgehead atoms. The van der Waals surface area contributed by atoms with Crippen molar-refractivity contribution in [3.63, 3.8) is 0 Å². The zero-order chi connectivity index (χ0) is 41.1. The van der Waals surface area contributed by atoms with Crippen molar-refractivity contribution in [1.82, 2.24) is 20.2 Å². The van der Waals surface area contributed by atoms with E-state index in [0.717, 1.165) is 20.3 Å². The summed E-state index contributed by atoms with van der Waals surface area (Å²) in [6, 6.07) is 25.6. The van der Waals surface area contributed by atoms with Crippen LogP contribution in [0, 0.1) is 0 Å². The van der Waals surface area contributed by atoms with E-state index in [4.69, 9.17) is 28.0 Å². The molecule has 0 radical (unpaired) electrons. The van der Waals surface area contributed by atoms with E-state index in [1.807, 2.05) is 85.1 Å². The lowest BCUT2D eigenvalue weighted by Crippen LogP contribution is -2.56. The second-order valence-electron chi connectivity index (χ2n) is 14.2. The number of aliphatic imine (C=N–C) groups is 1. The predicted molar refractivity (Wildman–Crippen MR) is 231 cm³/mol. The van der Waals surface area contributed by atoms with Crippen molar-refractivity contribution in [3.8, 4) is 11.5 Å². The molecule has 5 unspecified atom stereocenters. The average Bonchev–Trinajstić information content (AvgIpc) is 3.60. The molecule has 3 aromatic carbocycles. The molecule has 2 heterocycles. The van der Waals surface area contributed by atoms with Crippen LogP contribution in [-0.4, -0.2) is 98.9 Å². The topological polar surface area (TPSA) is 132 Å². The normalized spacial score (nSPS) is 20.6. The predicted octanol–water partition coefficient (Wildman–Crippen LogP) is 7.73. The van der Waals surface area contributed by atoms with Crippen LogP contribution in [0.3, 0.4) is 0 Å². The van der Waals surface area contributed by atoms with Gasteiger partial charge in [-0.05, 0) is 91.2 Å². The first kappa shape index (κ1) is 44.5. The fourth-order valence-electron chi connectivity index (χ4n) is 7.02. The molecule has 3 amide bonds. The van der Waals surface area contributed by atoms with Crippen LogP contribution in [0.2, 0.25) is 0 Å². The molecule has 2 aliphatic rings. The van der Waals surface area contributed by atoms with E-state index in [-0.39, 0.29) is 24.6 Å². The Hall–Kier alpha value is -3.63. The summed E-state index contributed by atoms with van der Waals surface area (Å²) < 4.78 is 41.7. The van der Waals surface area contributed by atoms with Crippen LogP contribution in [0.5, 0.6) is 11.5 Å². The summed E-state index contributed by atoms with van der Waals surface area (Å²) >= 11 is 2.12. The van der Waals surface area contributed by atoms with E-state index >= 15 is 0 Å². The number of nitrogens with zero attached hydrogens (tertiary/aromatic N) is 3. The first-order valence-electron chi connectivity index (χ1n) is 19.1. The van der Waals surface area contributed by atoms with Crippen molar-refractivity contribution in [2.45, 2.75) is 89.7 Å². The van der Waals surface area contributed by atoms with Crippen molar-refractivity contribution >= 4 is 49.3 Å². The minimum Gasteiger partial charge on any atom is -0.497 e. The maximum Gasteiger partial charge on any atom is 0.325 e. The summed E-state index contributed by atoms with van der Waals surface area (Å²) in [7, 11) is 3.44. The Kier molecular flexibility index (Phi) is 16.3. The van der Waals surface area contributed by atoms with Crippen LogP contribution in [-0.2, 0) is 28.9 Å². The van der Waals surface area contributed by atoms with Gasteiger partial charge in [0.1, 0.15) is 35.6 Å². The largest absolute Gasteiger partial charge is 0.497 e. The molecule has 5 rings (SSSR count). The van der Waals surface area contributed by atoms with Gasteiger partial charge in [0.2, 0.25) is 5.91 Å². The van der Waals surface area contributed by atoms with Gasteiger partial charge < -0.3 is 43.6 Å². The van der Waals surface area contributed by atoms with Gasteiger partial charge in [0.25, 0.3) is 8.53 Å². The van der Waals surface area contributed by atoms with Crippen molar-refractivity contribution in [3.05, 3.63) is 105 Å². The number of amides is 3. The van der Waals surface area contributed by atoms with Gasteiger partial charge in [-0.3, -0.25) is 9.69 Å². The highest BCUT2D eigenvalue weighted by molar-refractivity contribution is 14.1. The summed E-state index contributed by atoms with van der Waals surface area (Å²) in [5.74, 6) is 1.17. The molecule has 2 N–H and O–H groups in total. The monoisotopic (exact) mass is 915 g/mol. The molecule has 0 aliphatic carbocycles. The van der Waals surface area contributed by atoms with Crippen LogP contribution in [0.25, 0.3) is 0 Å². The summed E-state index contributed by atoms with van der Waals surface area (Å²) in [6.07, 6.45) is 1.96. The minimum atomic E-state index is -1.59. The molecule has 2 aliphatic heterocycles. The van der Waals surface area contributed by atoms with Crippen LogP contribution >= 0.6 is 31.1 Å². The maximum atomic E-state index is 13.6. The van der Waals surface area contributed by atoms with Gasteiger partial charge in [-0.1, -0.05) is 54.6 Å². The van der Waals surface area contributed by atoms with Crippen LogP contribution in [0.1, 0.15) is 64.2 Å². The Labute approximate surface area is 351 Å². The van der Waals surface area contributed by atoms with Crippen LogP contribution < -0.4 is 20.1 Å². The number of ether oxygens (including phenoxy) is 4. The van der Waals surface area contributed by atoms with Crippen LogP contribution in [0.4, 0.5) is 4.79 Å².